The molecule has 2 bridgehead atoms. The van der Waals surface area contributed by atoms with Crippen molar-refractivity contribution in [2.24, 2.45) is 17.8 Å². The highest BCUT2D eigenvalue weighted by Crippen LogP contribution is 2.48. The van der Waals surface area contributed by atoms with Crippen molar-refractivity contribution in [3.8, 4) is 0 Å². The number of halogens is 2. The summed E-state index contributed by atoms with van der Waals surface area (Å²) in [7, 11) is 0. The Morgan fingerprint density at radius 3 is 2.67 bits per heavy atom. The third-order valence-electron chi connectivity index (χ3n) is 4.26. The Morgan fingerprint density at radius 2 is 2.06 bits per heavy atom. The molecule has 0 heterocycles. The number of hydrogen-bond acceptors (Lipinski definition) is 1. The summed E-state index contributed by atoms with van der Waals surface area (Å²) >= 11 is 11.9. The van der Waals surface area contributed by atoms with Crippen LogP contribution in [-0.2, 0) is 4.79 Å². The van der Waals surface area contributed by atoms with Gasteiger partial charge in [0.1, 0.15) is 0 Å². The summed E-state index contributed by atoms with van der Waals surface area (Å²) in [4.78, 5) is 12.2. The number of carbonyl (C=O) groups excluding carboxylic acids is 1. The molecule has 0 saturated heterocycles. The molecule has 3 atom stereocenters. The first-order valence-electron chi connectivity index (χ1n) is 6.39. The van der Waals surface area contributed by atoms with Crippen LogP contribution in [0.5, 0.6) is 0 Å². The molecule has 1 aromatic rings. The van der Waals surface area contributed by atoms with Gasteiger partial charge in [0.2, 0.25) is 5.91 Å². The fourth-order valence-electron chi connectivity index (χ4n) is 3.38. The highest BCUT2D eigenvalue weighted by molar-refractivity contribution is 6.36. The summed E-state index contributed by atoms with van der Waals surface area (Å²) in [5.74, 6) is 1.65. The van der Waals surface area contributed by atoms with Gasteiger partial charge in [-0.2, -0.15) is 0 Å². The average Bonchev–Trinajstić information content (AvgIpc) is 2.94. The maximum atomic E-state index is 12.2. The topological polar surface area (TPSA) is 29.1 Å². The number of rotatable bonds is 2. The minimum absolute atomic E-state index is 0.117. The number of anilines is 1. The molecule has 2 nitrogen and oxygen atoms in total. The number of benzene rings is 1. The maximum absolute atomic E-state index is 12.2. The van der Waals surface area contributed by atoms with Gasteiger partial charge < -0.3 is 5.32 Å². The molecule has 2 saturated carbocycles. The minimum atomic E-state index is 0.117. The van der Waals surface area contributed by atoms with Gasteiger partial charge in [0.05, 0.1) is 10.7 Å². The van der Waals surface area contributed by atoms with E-state index >= 15 is 0 Å². The zero-order valence-electron chi connectivity index (χ0n) is 9.96. The highest BCUT2D eigenvalue weighted by Gasteiger charge is 2.43. The molecule has 3 rings (SSSR count). The second-order valence-electron chi connectivity index (χ2n) is 5.39. The molecule has 0 unspecified atom stereocenters. The van der Waals surface area contributed by atoms with Crippen LogP contribution in [0.15, 0.2) is 18.2 Å². The monoisotopic (exact) mass is 283 g/mol. The minimum Gasteiger partial charge on any atom is -0.325 e. The Labute approximate surface area is 117 Å². The van der Waals surface area contributed by atoms with E-state index in [0.717, 1.165) is 12.3 Å². The number of amides is 1. The Morgan fingerprint density at radius 1 is 1.22 bits per heavy atom. The van der Waals surface area contributed by atoms with Gasteiger partial charge in [0.25, 0.3) is 0 Å². The van der Waals surface area contributed by atoms with Crippen LogP contribution < -0.4 is 5.32 Å². The first-order valence-corrected chi connectivity index (χ1v) is 7.15. The molecule has 1 amide bonds. The number of carbonyl (C=O) groups is 1. The molecule has 18 heavy (non-hydrogen) atoms. The summed E-state index contributed by atoms with van der Waals surface area (Å²) in [6.07, 6.45) is 4.78. The van der Waals surface area contributed by atoms with Gasteiger partial charge >= 0.3 is 0 Å². The van der Waals surface area contributed by atoms with Crippen LogP contribution in [-0.4, -0.2) is 5.91 Å². The van der Waals surface area contributed by atoms with Gasteiger partial charge in [0, 0.05) is 10.9 Å². The largest absolute Gasteiger partial charge is 0.325 e. The Balaban J connectivity index is 1.71. The lowest BCUT2D eigenvalue weighted by molar-refractivity contribution is -0.121. The normalized spacial score (nSPS) is 29.6. The second-order valence-corrected chi connectivity index (χ2v) is 6.24. The van der Waals surface area contributed by atoms with Gasteiger partial charge in [-0.1, -0.05) is 29.6 Å². The van der Waals surface area contributed by atoms with Gasteiger partial charge in [-0.25, -0.2) is 0 Å². The van der Waals surface area contributed by atoms with Crippen molar-refractivity contribution in [1.29, 1.82) is 0 Å². The van der Waals surface area contributed by atoms with E-state index in [2.05, 4.69) is 5.32 Å². The first-order chi connectivity index (χ1) is 8.63. The molecule has 0 aliphatic heterocycles. The van der Waals surface area contributed by atoms with E-state index in [-0.39, 0.29) is 11.8 Å². The van der Waals surface area contributed by atoms with Crippen molar-refractivity contribution in [1.82, 2.24) is 0 Å². The van der Waals surface area contributed by atoms with Crippen LogP contribution in [0.1, 0.15) is 25.7 Å². The average molecular weight is 284 g/mol. The molecule has 1 N–H and O–H groups in total. The van der Waals surface area contributed by atoms with Crippen LogP contribution in [0.2, 0.25) is 10.0 Å². The van der Waals surface area contributed by atoms with Crippen molar-refractivity contribution in [3.63, 3.8) is 0 Å². The predicted octanol–water partition coefficient (Wildman–Crippen LogP) is 4.37. The maximum Gasteiger partial charge on any atom is 0.227 e. The van der Waals surface area contributed by atoms with E-state index in [0.29, 0.717) is 21.7 Å². The lowest BCUT2D eigenvalue weighted by Crippen LogP contribution is -2.27. The predicted molar refractivity (Wildman–Crippen MR) is 74.0 cm³/mol. The number of nitrogens with one attached hydrogen (secondary N) is 1. The quantitative estimate of drug-likeness (QED) is 0.858. The molecule has 0 aromatic heterocycles. The van der Waals surface area contributed by atoms with E-state index in [9.17, 15) is 4.79 Å². The van der Waals surface area contributed by atoms with Gasteiger partial charge in [-0.05, 0) is 49.3 Å². The SMILES string of the molecule is O=C(Nc1ccc(Cl)cc1Cl)[C@H]1C[C@@H]2CC[C@@H]1C2. The summed E-state index contributed by atoms with van der Waals surface area (Å²) in [6.45, 7) is 0. The second kappa shape index (κ2) is 4.75. The standard InChI is InChI=1S/C14H15Cl2NO/c15-10-3-4-13(12(16)7-10)17-14(18)11-6-8-1-2-9(11)5-8/h3-4,7-9,11H,1-2,5-6H2,(H,17,18)/t8-,9-,11+/m1/s1. The Bertz CT molecular complexity index is 489. The molecule has 0 spiro atoms. The first kappa shape index (κ1) is 12.3. The molecule has 1 aromatic carbocycles. The molecular weight excluding hydrogens is 269 g/mol. The van der Waals surface area contributed by atoms with Crippen LogP contribution in [0.4, 0.5) is 5.69 Å². The van der Waals surface area contributed by atoms with Gasteiger partial charge in [0.15, 0.2) is 0 Å². The lowest BCUT2D eigenvalue weighted by atomic mass is 9.88. The molecule has 4 heteroatoms. The number of hydrogen-bond donors (Lipinski definition) is 1. The zero-order chi connectivity index (χ0) is 12.7. The number of fused-ring (bicyclic) bond motifs is 2. The summed E-state index contributed by atoms with van der Waals surface area (Å²) in [6, 6.07) is 5.15. The fourth-order valence-corrected chi connectivity index (χ4v) is 3.84. The Hall–Kier alpha value is -0.730. The van der Waals surface area contributed by atoms with Crippen LogP contribution >= 0.6 is 23.2 Å². The third kappa shape index (κ3) is 2.24. The summed E-state index contributed by atoms with van der Waals surface area (Å²) in [5.41, 5.74) is 0.661. The molecule has 2 aliphatic rings. The zero-order valence-corrected chi connectivity index (χ0v) is 11.5. The van der Waals surface area contributed by atoms with Crippen molar-refractivity contribution >= 4 is 34.8 Å². The summed E-state index contributed by atoms with van der Waals surface area (Å²) in [5, 5.41) is 4.02. The van der Waals surface area contributed by atoms with E-state index in [1.165, 1.54) is 19.3 Å². The molecular formula is C14H15Cl2NO. The molecule has 0 radical (unpaired) electrons. The smallest absolute Gasteiger partial charge is 0.227 e. The van der Waals surface area contributed by atoms with Crippen LogP contribution in [0.25, 0.3) is 0 Å². The third-order valence-corrected chi connectivity index (χ3v) is 4.81. The van der Waals surface area contributed by atoms with E-state index in [4.69, 9.17) is 23.2 Å². The van der Waals surface area contributed by atoms with Crippen LogP contribution in [0.3, 0.4) is 0 Å². The fraction of sp³-hybridized carbons (Fsp3) is 0.500. The highest BCUT2D eigenvalue weighted by atomic mass is 35.5. The van der Waals surface area contributed by atoms with Crippen molar-refractivity contribution < 1.29 is 4.79 Å². The molecule has 96 valence electrons. The van der Waals surface area contributed by atoms with Crippen LogP contribution in [0, 0.1) is 17.8 Å². The molecule has 2 aliphatic carbocycles. The van der Waals surface area contributed by atoms with Crippen molar-refractivity contribution in [3.05, 3.63) is 28.2 Å². The Kier molecular flexibility index (Phi) is 3.25. The lowest BCUT2D eigenvalue weighted by Gasteiger charge is -2.21. The van der Waals surface area contributed by atoms with Crippen molar-refractivity contribution in [2.45, 2.75) is 25.7 Å². The summed E-state index contributed by atoms with van der Waals surface area (Å²) < 4.78 is 0. The van der Waals surface area contributed by atoms with Gasteiger partial charge in [-0.15, -0.1) is 0 Å². The van der Waals surface area contributed by atoms with E-state index in [1.807, 2.05) is 0 Å². The van der Waals surface area contributed by atoms with Gasteiger partial charge in [-0.3, -0.25) is 4.79 Å². The van der Waals surface area contributed by atoms with E-state index in [1.54, 1.807) is 18.2 Å². The van der Waals surface area contributed by atoms with E-state index < -0.39 is 0 Å². The van der Waals surface area contributed by atoms with Crippen molar-refractivity contribution in [2.75, 3.05) is 5.32 Å². The molecule has 2 fully saturated rings.